The van der Waals surface area contributed by atoms with Crippen molar-refractivity contribution in [3.05, 3.63) is 29.8 Å². The monoisotopic (exact) mass is 292 g/mol. The quantitative estimate of drug-likeness (QED) is 0.774. The minimum atomic E-state index is -0.126. The molecule has 4 heteroatoms. The molecule has 118 valence electrons. The Hall–Kier alpha value is -1.55. The lowest BCUT2D eigenvalue weighted by Crippen LogP contribution is -2.43. The van der Waals surface area contributed by atoms with Crippen molar-refractivity contribution in [2.24, 2.45) is 11.7 Å². The van der Waals surface area contributed by atoms with Crippen LogP contribution in [0.15, 0.2) is 24.3 Å². The van der Waals surface area contributed by atoms with Gasteiger partial charge in [-0.3, -0.25) is 4.79 Å². The van der Waals surface area contributed by atoms with Crippen molar-refractivity contribution >= 4 is 5.91 Å². The van der Waals surface area contributed by atoms with Crippen LogP contribution in [-0.4, -0.2) is 25.1 Å². The van der Waals surface area contributed by atoms with E-state index in [0.29, 0.717) is 24.1 Å². The molecular formula is C17H28N2O2. The molecule has 1 aromatic rings. The number of benzene rings is 1. The maximum absolute atomic E-state index is 11.9. The first-order valence-corrected chi connectivity index (χ1v) is 7.64. The van der Waals surface area contributed by atoms with E-state index in [0.717, 1.165) is 6.42 Å². The highest BCUT2D eigenvalue weighted by Gasteiger charge is 2.12. The molecule has 1 aromatic carbocycles. The number of hydrogen-bond acceptors (Lipinski definition) is 3. The van der Waals surface area contributed by atoms with Crippen LogP contribution >= 0.6 is 0 Å². The minimum Gasteiger partial charge on any atom is -0.484 e. The van der Waals surface area contributed by atoms with E-state index in [1.54, 1.807) is 0 Å². The second kappa shape index (κ2) is 8.67. The first-order valence-electron chi connectivity index (χ1n) is 7.64. The zero-order chi connectivity index (χ0) is 15.8. The van der Waals surface area contributed by atoms with Gasteiger partial charge in [-0.25, -0.2) is 0 Å². The van der Waals surface area contributed by atoms with Crippen molar-refractivity contribution in [2.75, 3.05) is 13.2 Å². The molecule has 21 heavy (non-hydrogen) atoms. The number of carbonyl (C=O) groups is 1. The molecule has 0 saturated heterocycles. The Morgan fingerprint density at radius 3 is 2.29 bits per heavy atom. The Balaban J connectivity index is 2.41. The van der Waals surface area contributed by atoms with Gasteiger partial charge in [-0.2, -0.15) is 0 Å². The number of hydrogen-bond donors (Lipinski definition) is 2. The van der Waals surface area contributed by atoms with Gasteiger partial charge in [0, 0.05) is 12.6 Å². The van der Waals surface area contributed by atoms with Crippen LogP contribution in [-0.2, 0) is 4.79 Å². The molecule has 0 saturated carbocycles. The fraction of sp³-hybridized carbons (Fsp3) is 0.588. The summed E-state index contributed by atoms with van der Waals surface area (Å²) >= 11 is 0. The largest absolute Gasteiger partial charge is 0.484 e. The molecule has 1 unspecified atom stereocenters. The Morgan fingerprint density at radius 2 is 1.81 bits per heavy atom. The Kier molecular flexibility index (Phi) is 7.23. The summed E-state index contributed by atoms with van der Waals surface area (Å²) in [5, 5.41) is 2.91. The van der Waals surface area contributed by atoms with E-state index >= 15 is 0 Å². The molecule has 1 atom stereocenters. The van der Waals surface area contributed by atoms with Gasteiger partial charge in [-0.05, 0) is 36.0 Å². The first kappa shape index (κ1) is 17.5. The lowest BCUT2D eigenvalue weighted by atomic mass is 10.0. The zero-order valence-corrected chi connectivity index (χ0v) is 13.6. The molecule has 3 N–H and O–H groups in total. The minimum absolute atomic E-state index is 0.0180. The van der Waals surface area contributed by atoms with Crippen LogP contribution < -0.4 is 15.8 Å². The van der Waals surface area contributed by atoms with E-state index < -0.39 is 0 Å². The van der Waals surface area contributed by atoms with Crippen LogP contribution in [0.25, 0.3) is 0 Å². The number of amides is 1. The van der Waals surface area contributed by atoms with Gasteiger partial charge in [0.1, 0.15) is 5.75 Å². The van der Waals surface area contributed by atoms with Crippen LogP contribution in [0.2, 0.25) is 0 Å². The van der Waals surface area contributed by atoms with Gasteiger partial charge in [-0.15, -0.1) is 0 Å². The maximum Gasteiger partial charge on any atom is 0.258 e. The van der Waals surface area contributed by atoms with Gasteiger partial charge in [-0.1, -0.05) is 39.8 Å². The Labute approximate surface area is 128 Å². The molecule has 0 aliphatic heterocycles. The molecule has 0 fully saturated rings. The van der Waals surface area contributed by atoms with Crippen molar-refractivity contribution in [3.8, 4) is 5.75 Å². The fourth-order valence-corrected chi connectivity index (χ4v) is 2.15. The van der Waals surface area contributed by atoms with Gasteiger partial charge in [0.05, 0.1) is 0 Å². The average Bonchev–Trinajstić information content (AvgIpc) is 2.44. The molecule has 0 aliphatic rings. The van der Waals surface area contributed by atoms with Crippen LogP contribution in [0.4, 0.5) is 0 Å². The number of rotatable bonds is 8. The van der Waals surface area contributed by atoms with Crippen LogP contribution in [0.3, 0.4) is 0 Å². The highest BCUT2D eigenvalue weighted by molar-refractivity contribution is 5.77. The van der Waals surface area contributed by atoms with E-state index in [1.807, 2.05) is 24.3 Å². The summed E-state index contributed by atoms with van der Waals surface area (Å²) in [7, 11) is 0. The highest BCUT2D eigenvalue weighted by Crippen LogP contribution is 2.18. The third-order valence-corrected chi connectivity index (χ3v) is 3.32. The maximum atomic E-state index is 11.9. The van der Waals surface area contributed by atoms with E-state index in [4.69, 9.17) is 10.5 Å². The molecule has 0 radical (unpaired) electrons. The molecule has 0 spiro atoms. The fourth-order valence-electron chi connectivity index (χ4n) is 2.15. The summed E-state index contributed by atoms with van der Waals surface area (Å²) in [4.78, 5) is 11.9. The van der Waals surface area contributed by atoms with Crippen molar-refractivity contribution in [3.63, 3.8) is 0 Å². The molecule has 1 amide bonds. The summed E-state index contributed by atoms with van der Waals surface area (Å²) in [6.45, 7) is 8.99. The van der Waals surface area contributed by atoms with Gasteiger partial charge < -0.3 is 15.8 Å². The van der Waals surface area contributed by atoms with Crippen molar-refractivity contribution < 1.29 is 9.53 Å². The van der Waals surface area contributed by atoms with E-state index in [2.05, 4.69) is 33.0 Å². The second-order valence-electron chi connectivity index (χ2n) is 6.14. The number of carbonyl (C=O) groups excluding carboxylic acids is 1. The molecule has 0 aliphatic carbocycles. The van der Waals surface area contributed by atoms with Crippen molar-refractivity contribution in [1.82, 2.24) is 5.32 Å². The van der Waals surface area contributed by atoms with Crippen LogP contribution in [0.1, 0.15) is 45.6 Å². The molecule has 4 nitrogen and oxygen atoms in total. The van der Waals surface area contributed by atoms with Crippen molar-refractivity contribution in [1.29, 1.82) is 0 Å². The number of nitrogens with one attached hydrogen (secondary N) is 1. The molecule has 0 aromatic heterocycles. The Bertz CT molecular complexity index is 427. The van der Waals surface area contributed by atoms with Crippen LogP contribution in [0, 0.1) is 5.92 Å². The third-order valence-electron chi connectivity index (χ3n) is 3.32. The predicted octanol–water partition coefficient (Wildman–Crippen LogP) is 2.68. The van der Waals surface area contributed by atoms with Crippen molar-refractivity contribution in [2.45, 2.75) is 46.1 Å². The highest BCUT2D eigenvalue weighted by atomic mass is 16.5. The summed E-state index contributed by atoms with van der Waals surface area (Å²) < 4.78 is 5.50. The lowest BCUT2D eigenvalue weighted by molar-refractivity contribution is -0.123. The normalized spacial score (nSPS) is 12.5. The summed E-state index contributed by atoms with van der Waals surface area (Å²) in [6.07, 6.45) is 0.880. The smallest absolute Gasteiger partial charge is 0.258 e. The summed E-state index contributed by atoms with van der Waals surface area (Å²) in [5.74, 6) is 1.58. The van der Waals surface area contributed by atoms with E-state index in [9.17, 15) is 4.79 Å². The van der Waals surface area contributed by atoms with E-state index in [1.165, 1.54) is 5.56 Å². The predicted molar refractivity (Wildman–Crippen MR) is 86.5 cm³/mol. The molecular weight excluding hydrogens is 264 g/mol. The zero-order valence-electron chi connectivity index (χ0n) is 13.6. The van der Waals surface area contributed by atoms with Gasteiger partial charge in [0.25, 0.3) is 5.91 Å². The molecule has 1 rings (SSSR count). The van der Waals surface area contributed by atoms with Gasteiger partial charge in [0.15, 0.2) is 6.61 Å². The van der Waals surface area contributed by atoms with Crippen LogP contribution in [0.5, 0.6) is 5.75 Å². The number of ether oxygens (including phenoxy) is 1. The Morgan fingerprint density at radius 1 is 1.19 bits per heavy atom. The van der Waals surface area contributed by atoms with Gasteiger partial charge in [0.2, 0.25) is 0 Å². The lowest BCUT2D eigenvalue weighted by Gasteiger charge is -2.19. The summed E-state index contributed by atoms with van der Waals surface area (Å²) in [5.41, 5.74) is 6.92. The molecule has 0 heterocycles. The third kappa shape index (κ3) is 6.63. The standard InChI is InChI=1S/C17H28N2O2/c1-12(2)9-15(10-18)19-17(20)11-21-16-7-5-14(6-8-16)13(3)4/h5-8,12-13,15H,9-11,18H2,1-4H3,(H,19,20). The second-order valence-corrected chi connectivity index (χ2v) is 6.14. The SMILES string of the molecule is CC(C)CC(CN)NC(=O)COc1ccc(C(C)C)cc1. The topological polar surface area (TPSA) is 64.3 Å². The number of nitrogens with two attached hydrogens (primary N) is 1. The summed E-state index contributed by atoms with van der Waals surface area (Å²) in [6, 6.07) is 7.87. The van der Waals surface area contributed by atoms with E-state index in [-0.39, 0.29) is 18.6 Å². The molecule has 0 bridgehead atoms. The van der Waals surface area contributed by atoms with Gasteiger partial charge >= 0.3 is 0 Å². The first-order chi connectivity index (χ1) is 9.92. The average molecular weight is 292 g/mol.